The van der Waals surface area contributed by atoms with E-state index in [4.69, 9.17) is 10.5 Å². The zero-order chi connectivity index (χ0) is 13.5. The first-order chi connectivity index (χ1) is 8.44. The van der Waals surface area contributed by atoms with Crippen molar-refractivity contribution in [3.8, 4) is 0 Å². The molecule has 1 aromatic carbocycles. The van der Waals surface area contributed by atoms with Crippen molar-refractivity contribution in [1.29, 1.82) is 0 Å². The summed E-state index contributed by atoms with van der Waals surface area (Å²) in [5, 5.41) is 0. The lowest BCUT2D eigenvalue weighted by Gasteiger charge is -2.24. The van der Waals surface area contributed by atoms with Crippen molar-refractivity contribution >= 4 is 5.97 Å². The number of carbonyl (C=O) groups excluding carboxylic acids is 1. The van der Waals surface area contributed by atoms with Gasteiger partial charge in [0.1, 0.15) is 0 Å². The molecule has 3 nitrogen and oxygen atoms in total. The fourth-order valence-corrected chi connectivity index (χ4v) is 2.59. The van der Waals surface area contributed by atoms with Crippen molar-refractivity contribution in [2.75, 3.05) is 7.11 Å². The van der Waals surface area contributed by atoms with Crippen LogP contribution in [0, 0.1) is 26.2 Å². The van der Waals surface area contributed by atoms with Crippen LogP contribution in [0.25, 0.3) is 0 Å². The summed E-state index contributed by atoms with van der Waals surface area (Å²) in [6.07, 6.45) is 1.65. The van der Waals surface area contributed by atoms with Gasteiger partial charge in [-0.1, -0.05) is 12.1 Å². The van der Waals surface area contributed by atoms with Gasteiger partial charge in [0.15, 0.2) is 0 Å². The molecule has 1 aromatic rings. The van der Waals surface area contributed by atoms with E-state index in [1.165, 1.54) is 23.8 Å². The molecule has 2 N–H and O–H groups in total. The monoisotopic (exact) mass is 247 g/mol. The van der Waals surface area contributed by atoms with Gasteiger partial charge in [0, 0.05) is 6.04 Å². The standard InChI is InChI=1S/C15H21NO2/c1-9-5-6-12(11(3)10(9)2)13(16)15(7-8-15)14(17)18-4/h5-6,13H,7-8,16H2,1-4H3. The lowest BCUT2D eigenvalue weighted by Crippen LogP contribution is -2.31. The molecule has 3 heteroatoms. The number of benzene rings is 1. The van der Waals surface area contributed by atoms with E-state index in [2.05, 4.69) is 26.8 Å². The second kappa shape index (κ2) is 4.39. The molecule has 0 heterocycles. The van der Waals surface area contributed by atoms with Gasteiger partial charge in [-0.3, -0.25) is 4.79 Å². The lowest BCUT2D eigenvalue weighted by molar-refractivity contribution is -0.148. The molecule has 0 bridgehead atoms. The third-order valence-electron chi connectivity index (χ3n) is 4.41. The molecule has 0 radical (unpaired) electrons. The van der Waals surface area contributed by atoms with Gasteiger partial charge in [-0.05, 0) is 55.9 Å². The summed E-state index contributed by atoms with van der Waals surface area (Å²) in [7, 11) is 1.43. The van der Waals surface area contributed by atoms with E-state index in [1.807, 2.05) is 6.07 Å². The predicted octanol–water partition coefficient (Wildman–Crippen LogP) is 2.56. The average Bonchev–Trinajstić information content (AvgIpc) is 3.16. The fraction of sp³-hybridized carbons (Fsp3) is 0.533. The van der Waals surface area contributed by atoms with E-state index < -0.39 is 5.41 Å². The number of esters is 1. The number of ether oxygens (including phenoxy) is 1. The van der Waals surface area contributed by atoms with Gasteiger partial charge in [-0.15, -0.1) is 0 Å². The average molecular weight is 247 g/mol. The molecular formula is C15H21NO2. The van der Waals surface area contributed by atoms with E-state index >= 15 is 0 Å². The molecule has 2 rings (SSSR count). The molecule has 0 saturated heterocycles. The van der Waals surface area contributed by atoms with Crippen LogP contribution in [-0.4, -0.2) is 13.1 Å². The third-order valence-corrected chi connectivity index (χ3v) is 4.41. The Hall–Kier alpha value is -1.35. The van der Waals surface area contributed by atoms with Crippen molar-refractivity contribution in [2.45, 2.75) is 39.7 Å². The van der Waals surface area contributed by atoms with Crippen molar-refractivity contribution in [1.82, 2.24) is 0 Å². The molecule has 0 aliphatic heterocycles. The topological polar surface area (TPSA) is 52.3 Å². The van der Waals surface area contributed by atoms with Gasteiger partial charge in [-0.25, -0.2) is 0 Å². The minimum Gasteiger partial charge on any atom is -0.469 e. The van der Waals surface area contributed by atoms with Crippen LogP contribution in [0.5, 0.6) is 0 Å². The Bertz CT molecular complexity index is 490. The molecule has 1 fully saturated rings. The van der Waals surface area contributed by atoms with Crippen molar-refractivity contribution in [2.24, 2.45) is 11.1 Å². The first-order valence-corrected chi connectivity index (χ1v) is 6.34. The van der Waals surface area contributed by atoms with Gasteiger partial charge in [-0.2, -0.15) is 0 Å². The van der Waals surface area contributed by atoms with E-state index in [0.717, 1.165) is 18.4 Å². The number of methoxy groups -OCH3 is 1. The van der Waals surface area contributed by atoms with Crippen LogP contribution >= 0.6 is 0 Å². The minimum atomic E-state index is -0.485. The normalized spacial score (nSPS) is 18.3. The highest BCUT2D eigenvalue weighted by Crippen LogP contribution is 2.55. The van der Waals surface area contributed by atoms with Gasteiger partial charge >= 0.3 is 5.97 Å². The van der Waals surface area contributed by atoms with E-state index in [0.29, 0.717) is 0 Å². The van der Waals surface area contributed by atoms with Crippen LogP contribution in [-0.2, 0) is 9.53 Å². The maximum absolute atomic E-state index is 11.9. The van der Waals surface area contributed by atoms with Gasteiger partial charge in [0.25, 0.3) is 0 Å². The summed E-state index contributed by atoms with van der Waals surface area (Å²) in [6.45, 7) is 6.26. The van der Waals surface area contributed by atoms with Crippen LogP contribution in [0.15, 0.2) is 12.1 Å². The summed E-state index contributed by atoms with van der Waals surface area (Å²) in [5.41, 5.74) is 10.6. The highest BCUT2D eigenvalue weighted by Gasteiger charge is 2.56. The summed E-state index contributed by atoms with van der Waals surface area (Å²) < 4.78 is 4.90. The number of aryl methyl sites for hydroxylation is 1. The van der Waals surface area contributed by atoms with Crippen LogP contribution in [0.2, 0.25) is 0 Å². The molecule has 1 atom stereocenters. The Morgan fingerprint density at radius 1 is 1.28 bits per heavy atom. The summed E-state index contributed by atoms with van der Waals surface area (Å²) in [5.74, 6) is -0.173. The third kappa shape index (κ3) is 1.83. The summed E-state index contributed by atoms with van der Waals surface area (Å²) in [6, 6.07) is 3.86. The Labute approximate surface area is 108 Å². The largest absolute Gasteiger partial charge is 0.469 e. The van der Waals surface area contributed by atoms with E-state index in [-0.39, 0.29) is 12.0 Å². The Kier molecular flexibility index (Phi) is 3.20. The first-order valence-electron chi connectivity index (χ1n) is 6.34. The first kappa shape index (κ1) is 13.1. The highest BCUT2D eigenvalue weighted by molar-refractivity contribution is 5.81. The molecule has 0 aromatic heterocycles. The van der Waals surface area contributed by atoms with E-state index in [9.17, 15) is 4.79 Å². The van der Waals surface area contributed by atoms with Crippen molar-refractivity contribution in [3.05, 3.63) is 34.4 Å². The predicted molar refractivity (Wildman–Crippen MR) is 71.3 cm³/mol. The number of nitrogens with two attached hydrogens (primary N) is 1. The molecule has 0 amide bonds. The fourth-order valence-electron chi connectivity index (χ4n) is 2.59. The molecule has 18 heavy (non-hydrogen) atoms. The molecular weight excluding hydrogens is 226 g/mol. The van der Waals surface area contributed by atoms with Gasteiger partial charge in [0.05, 0.1) is 12.5 Å². The quantitative estimate of drug-likeness (QED) is 0.835. The molecule has 1 unspecified atom stereocenters. The van der Waals surface area contributed by atoms with Crippen LogP contribution in [0.3, 0.4) is 0 Å². The van der Waals surface area contributed by atoms with Crippen LogP contribution in [0.1, 0.15) is 41.1 Å². The number of rotatable bonds is 3. The maximum Gasteiger partial charge on any atom is 0.313 e. The molecule has 98 valence electrons. The SMILES string of the molecule is COC(=O)C1(C(N)c2ccc(C)c(C)c2C)CC1. The Morgan fingerprint density at radius 2 is 1.89 bits per heavy atom. The van der Waals surface area contributed by atoms with Crippen molar-refractivity contribution < 1.29 is 9.53 Å². The second-order valence-electron chi connectivity index (χ2n) is 5.35. The van der Waals surface area contributed by atoms with Gasteiger partial charge < -0.3 is 10.5 Å². The van der Waals surface area contributed by atoms with Crippen LogP contribution in [0.4, 0.5) is 0 Å². The molecule has 1 aliphatic carbocycles. The summed E-state index contributed by atoms with van der Waals surface area (Å²) >= 11 is 0. The highest BCUT2D eigenvalue weighted by atomic mass is 16.5. The zero-order valence-corrected chi connectivity index (χ0v) is 11.5. The molecule has 0 spiro atoms. The number of hydrogen-bond acceptors (Lipinski definition) is 3. The zero-order valence-electron chi connectivity index (χ0n) is 11.5. The van der Waals surface area contributed by atoms with Crippen LogP contribution < -0.4 is 5.73 Å². The van der Waals surface area contributed by atoms with E-state index in [1.54, 1.807) is 0 Å². The molecule has 1 aliphatic rings. The minimum absolute atomic E-state index is 0.173. The smallest absolute Gasteiger partial charge is 0.313 e. The summed E-state index contributed by atoms with van der Waals surface area (Å²) in [4.78, 5) is 11.9. The maximum atomic E-state index is 11.9. The Balaban J connectivity index is 2.39. The van der Waals surface area contributed by atoms with Gasteiger partial charge in [0.2, 0.25) is 0 Å². The Morgan fingerprint density at radius 3 is 2.39 bits per heavy atom. The number of carbonyl (C=O) groups is 1. The lowest BCUT2D eigenvalue weighted by atomic mass is 9.86. The van der Waals surface area contributed by atoms with Crippen molar-refractivity contribution in [3.63, 3.8) is 0 Å². The second-order valence-corrected chi connectivity index (χ2v) is 5.35. The number of hydrogen-bond donors (Lipinski definition) is 1. The molecule has 1 saturated carbocycles.